The van der Waals surface area contributed by atoms with Gasteiger partial charge in [0, 0.05) is 17.7 Å². The second kappa shape index (κ2) is 6.27. The van der Waals surface area contributed by atoms with Crippen molar-refractivity contribution >= 4 is 11.9 Å². The number of nitrogens with one attached hydrogen (secondary N) is 1. The van der Waals surface area contributed by atoms with Gasteiger partial charge in [-0.1, -0.05) is 13.8 Å². The maximum absolute atomic E-state index is 11.5. The first kappa shape index (κ1) is 14.6. The van der Waals surface area contributed by atoms with E-state index in [2.05, 4.69) is 5.32 Å². The molecule has 0 spiro atoms. The van der Waals surface area contributed by atoms with Crippen molar-refractivity contribution in [2.45, 2.75) is 33.8 Å². The number of hydrogen-bond acceptors (Lipinski definition) is 3. The Kier molecular flexibility index (Phi) is 5.74. The fraction of sp³-hybridized carbons (Fsp3) is 0.636. The molecule has 0 aliphatic rings. The highest BCUT2D eigenvalue weighted by Crippen LogP contribution is 2.04. The molecule has 1 unspecified atom stereocenters. The molecule has 0 radical (unpaired) electrons. The third kappa shape index (κ3) is 4.44. The lowest BCUT2D eigenvalue weighted by Crippen LogP contribution is -2.35. The highest BCUT2D eigenvalue weighted by molar-refractivity contribution is 6.01. The van der Waals surface area contributed by atoms with Crippen LogP contribution in [-0.2, 0) is 9.59 Å². The van der Waals surface area contributed by atoms with E-state index in [-0.39, 0.29) is 23.6 Å². The minimum Gasteiger partial charge on any atom is -0.478 e. The van der Waals surface area contributed by atoms with Gasteiger partial charge in [-0.05, 0) is 19.8 Å². The van der Waals surface area contributed by atoms with Gasteiger partial charge in [0.1, 0.15) is 0 Å². The van der Waals surface area contributed by atoms with Crippen LogP contribution in [0, 0.1) is 5.92 Å². The first-order valence-corrected chi connectivity index (χ1v) is 5.14. The van der Waals surface area contributed by atoms with Crippen LogP contribution in [-0.4, -0.2) is 34.7 Å². The Morgan fingerprint density at radius 3 is 2.06 bits per heavy atom. The molecule has 1 amide bonds. The lowest BCUT2D eigenvalue weighted by atomic mass is 10.1. The summed E-state index contributed by atoms with van der Waals surface area (Å²) in [6.45, 7) is 6.61. The Morgan fingerprint density at radius 2 is 1.69 bits per heavy atom. The lowest BCUT2D eigenvalue weighted by molar-refractivity contribution is -0.133. The van der Waals surface area contributed by atoms with E-state index in [4.69, 9.17) is 5.11 Å². The van der Waals surface area contributed by atoms with Gasteiger partial charge in [0.05, 0.1) is 6.10 Å². The molecular formula is C11H19NO4. The summed E-state index contributed by atoms with van der Waals surface area (Å²) in [4.78, 5) is 22.1. The second-order valence-corrected chi connectivity index (χ2v) is 4.08. The molecule has 0 aliphatic heterocycles. The molecule has 0 aromatic carbocycles. The molecule has 0 fully saturated rings. The molecule has 3 N–H and O–H groups in total. The second-order valence-electron chi connectivity index (χ2n) is 4.08. The molecular weight excluding hydrogens is 210 g/mol. The number of carbonyl (C=O) groups excluding carboxylic acids is 1. The molecule has 5 nitrogen and oxygen atoms in total. The number of carboxylic acids is 1. The largest absolute Gasteiger partial charge is 0.478 e. The average molecular weight is 229 g/mol. The number of hydrogen-bond donors (Lipinski definition) is 3. The van der Waals surface area contributed by atoms with Crippen LogP contribution in [0.3, 0.4) is 0 Å². The molecule has 0 aromatic heterocycles. The van der Waals surface area contributed by atoms with Gasteiger partial charge in [0.25, 0.3) is 0 Å². The van der Waals surface area contributed by atoms with Gasteiger partial charge in [0.2, 0.25) is 5.91 Å². The van der Waals surface area contributed by atoms with Gasteiger partial charge < -0.3 is 15.5 Å². The zero-order valence-corrected chi connectivity index (χ0v) is 10.1. The number of rotatable bonds is 5. The molecule has 0 saturated heterocycles. The van der Waals surface area contributed by atoms with E-state index >= 15 is 0 Å². The predicted molar refractivity (Wildman–Crippen MR) is 59.9 cm³/mol. The highest BCUT2D eigenvalue weighted by atomic mass is 16.4. The van der Waals surface area contributed by atoms with E-state index in [1.807, 2.05) is 13.8 Å². The van der Waals surface area contributed by atoms with E-state index in [1.54, 1.807) is 0 Å². The molecule has 0 heterocycles. The van der Waals surface area contributed by atoms with Crippen molar-refractivity contribution < 1.29 is 19.8 Å². The Bertz CT molecular complexity index is 307. The summed E-state index contributed by atoms with van der Waals surface area (Å²) in [5.74, 6) is -1.53. The molecule has 0 bridgehead atoms. The molecule has 0 rings (SSSR count). The van der Waals surface area contributed by atoms with Crippen LogP contribution in [0.2, 0.25) is 0 Å². The summed E-state index contributed by atoms with van der Waals surface area (Å²) in [5.41, 5.74) is 0.167. The van der Waals surface area contributed by atoms with Crippen LogP contribution in [0.5, 0.6) is 0 Å². The molecule has 92 valence electrons. The van der Waals surface area contributed by atoms with Crippen molar-refractivity contribution in [2.24, 2.45) is 5.92 Å². The van der Waals surface area contributed by atoms with Gasteiger partial charge in [-0.2, -0.15) is 0 Å². The first-order chi connectivity index (χ1) is 7.27. The monoisotopic (exact) mass is 229 g/mol. The third-order valence-electron chi connectivity index (χ3n) is 2.47. The summed E-state index contributed by atoms with van der Waals surface area (Å²) < 4.78 is 0. The molecule has 0 aromatic rings. The number of aliphatic hydroxyl groups excluding tert-OH is 1. The maximum Gasteiger partial charge on any atom is 0.331 e. The normalized spacial score (nSPS) is 14.4. The van der Waals surface area contributed by atoms with Crippen molar-refractivity contribution in [1.29, 1.82) is 0 Å². The van der Waals surface area contributed by atoms with Gasteiger partial charge in [-0.3, -0.25) is 4.79 Å². The van der Waals surface area contributed by atoms with Crippen LogP contribution >= 0.6 is 0 Å². The summed E-state index contributed by atoms with van der Waals surface area (Å²) >= 11 is 0. The molecule has 5 heteroatoms. The van der Waals surface area contributed by atoms with Gasteiger partial charge in [-0.25, -0.2) is 4.79 Å². The van der Waals surface area contributed by atoms with Crippen molar-refractivity contribution in [2.75, 3.05) is 6.54 Å². The fourth-order valence-electron chi connectivity index (χ4n) is 0.896. The Labute approximate surface area is 95.2 Å². The minimum absolute atomic E-state index is 0.0107. The van der Waals surface area contributed by atoms with E-state index in [1.165, 1.54) is 13.8 Å². The number of amides is 1. The quantitative estimate of drug-likeness (QED) is 0.600. The van der Waals surface area contributed by atoms with Crippen molar-refractivity contribution in [3.63, 3.8) is 0 Å². The van der Waals surface area contributed by atoms with Gasteiger partial charge >= 0.3 is 5.97 Å². The lowest BCUT2D eigenvalue weighted by Gasteiger charge is -2.15. The SMILES string of the molecule is CC(C(=O)O)=C(C)C(=O)NCC(O)C(C)C. The molecule has 1 atom stereocenters. The smallest absolute Gasteiger partial charge is 0.331 e. The van der Waals surface area contributed by atoms with E-state index in [0.717, 1.165) is 0 Å². The Balaban J connectivity index is 4.39. The summed E-state index contributed by atoms with van der Waals surface area (Å²) in [7, 11) is 0. The van der Waals surface area contributed by atoms with Crippen LogP contribution in [0.4, 0.5) is 0 Å². The standard InChI is InChI=1S/C11H19NO4/c1-6(2)9(13)5-12-10(14)7(3)8(4)11(15)16/h6,9,13H,5H2,1-4H3,(H,12,14)(H,15,16). The van der Waals surface area contributed by atoms with Crippen LogP contribution in [0.15, 0.2) is 11.1 Å². The van der Waals surface area contributed by atoms with Crippen LogP contribution in [0.25, 0.3) is 0 Å². The Hall–Kier alpha value is -1.36. The zero-order chi connectivity index (χ0) is 12.9. The van der Waals surface area contributed by atoms with E-state index < -0.39 is 18.0 Å². The minimum atomic E-state index is -1.11. The van der Waals surface area contributed by atoms with Crippen molar-refractivity contribution in [3.05, 3.63) is 11.1 Å². The molecule has 0 aliphatic carbocycles. The first-order valence-electron chi connectivity index (χ1n) is 5.14. The fourth-order valence-corrected chi connectivity index (χ4v) is 0.896. The highest BCUT2D eigenvalue weighted by Gasteiger charge is 2.15. The predicted octanol–water partition coefficient (Wildman–Crippen LogP) is 0.540. The average Bonchev–Trinajstić information content (AvgIpc) is 2.22. The molecule has 16 heavy (non-hydrogen) atoms. The summed E-state index contributed by atoms with van der Waals surface area (Å²) in [6.07, 6.45) is -0.623. The number of aliphatic carboxylic acids is 1. The zero-order valence-electron chi connectivity index (χ0n) is 10.1. The van der Waals surface area contributed by atoms with Crippen LogP contribution < -0.4 is 5.32 Å². The summed E-state index contributed by atoms with van der Waals surface area (Å²) in [6, 6.07) is 0. The number of carbonyl (C=O) groups is 2. The van der Waals surface area contributed by atoms with E-state index in [9.17, 15) is 14.7 Å². The summed E-state index contributed by atoms with van der Waals surface area (Å²) in [5, 5.41) is 20.6. The molecule has 0 saturated carbocycles. The maximum atomic E-state index is 11.5. The Morgan fingerprint density at radius 1 is 1.19 bits per heavy atom. The number of carboxylic acid groups (broad SMARTS) is 1. The van der Waals surface area contributed by atoms with Crippen molar-refractivity contribution in [1.82, 2.24) is 5.32 Å². The van der Waals surface area contributed by atoms with Gasteiger partial charge in [-0.15, -0.1) is 0 Å². The number of aliphatic hydroxyl groups is 1. The third-order valence-corrected chi connectivity index (χ3v) is 2.47. The van der Waals surface area contributed by atoms with Crippen molar-refractivity contribution in [3.8, 4) is 0 Å². The van der Waals surface area contributed by atoms with Gasteiger partial charge in [0.15, 0.2) is 0 Å². The van der Waals surface area contributed by atoms with Crippen LogP contribution in [0.1, 0.15) is 27.7 Å². The van der Waals surface area contributed by atoms with E-state index in [0.29, 0.717) is 0 Å². The topological polar surface area (TPSA) is 86.6 Å².